The molecule has 14 heavy (non-hydrogen) atoms. The number of hydrogen-bond acceptors (Lipinski definition) is 2. The molecular weight excluding hydrogens is 174 g/mol. The molecule has 0 radical (unpaired) electrons. The highest BCUT2D eigenvalue weighted by Gasteiger charge is 2.38. The first kappa shape index (κ1) is 8.06. The number of benzene rings is 1. The molecule has 0 aliphatic heterocycles. The van der Waals surface area contributed by atoms with Crippen molar-refractivity contribution in [2.75, 3.05) is 0 Å². The zero-order chi connectivity index (χ0) is 9.71. The van der Waals surface area contributed by atoms with E-state index in [9.17, 15) is 0 Å². The Labute approximate surface area is 82.7 Å². The van der Waals surface area contributed by atoms with Crippen LogP contribution in [-0.4, -0.2) is 6.04 Å². The quantitative estimate of drug-likeness (QED) is 0.745. The minimum atomic E-state index is 0.342. The van der Waals surface area contributed by atoms with Crippen LogP contribution in [0.25, 0.3) is 11.0 Å². The molecular formula is C12H13NO. The molecule has 1 saturated carbocycles. The third-order valence-corrected chi connectivity index (χ3v) is 3.03. The van der Waals surface area contributed by atoms with Gasteiger partial charge in [0.25, 0.3) is 0 Å². The molecule has 0 spiro atoms. The van der Waals surface area contributed by atoms with Crippen LogP contribution in [0.4, 0.5) is 0 Å². The van der Waals surface area contributed by atoms with Crippen molar-refractivity contribution in [1.29, 1.82) is 0 Å². The number of nitrogens with two attached hydrogens (primary N) is 1. The van der Waals surface area contributed by atoms with Crippen LogP contribution in [0, 0.1) is 6.92 Å². The third-order valence-electron chi connectivity index (χ3n) is 3.03. The van der Waals surface area contributed by atoms with Crippen LogP contribution in [0.2, 0.25) is 0 Å². The highest BCUT2D eigenvalue weighted by molar-refractivity contribution is 5.83. The van der Waals surface area contributed by atoms with Crippen LogP contribution in [0.3, 0.4) is 0 Å². The van der Waals surface area contributed by atoms with E-state index in [-0.39, 0.29) is 0 Å². The summed E-state index contributed by atoms with van der Waals surface area (Å²) in [7, 11) is 0. The second-order valence-corrected chi connectivity index (χ2v) is 4.07. The van der Waals surface area contributed by atoms with Gasteiger partial charge in [-0.1, -0.05) is 18.2 Å². The van der Waals surface area contributed by atoms with Crippen LogP contribution in [0.1, 0.15) is 23.7 Å². The molecule has 0 saturated heterocycles. The van der Waals surface area contributed by atoms with Gasteiger partial charge in [0, 0.05) is 22.9 Å². The molecule has 2 N–H and O–H groups in total. The highest BCUT2D eigenvalue weighted by atomic mass is 16.3. The van der Waals surface area contributed by atoms with E-state index in [0.29, 0.717) is 12.0 Å². The SMILES string of the molecule is Cc1oc2ccccc2c1C1CC1N. The van der Waals surface area contributed by atoms with Gasteiger partial charge in [-0.25, -0.2) is 0 Å². The van der Waals surface area contributed by atoms with Crippen molar-refractivity contribution in [3.63, 3.8) is 0 Å². The van der Waals surface area contributed by atoms with Crippen LogP contribution in [0.5, 0.6) is 0 Å². The molecule has 2 atom stereocenters. The Kier molecular flexibility index (Phi) is 1.50. The maximum absolute atomic E-state index is 5.88. The molecule has 2 nitrogen and oxygen atoms in total. The Hall–Kier alpha value is -1.28. The number of rotatable bonds is 1. The second kappa shape index (κ2) is 2.61. The fourth-order valence-corrected chi connectivity index (χ4v) is 2.20. The van der Waals surface area contributed by atoms with Crippen LogP contribution >= 0.6 is 0 Å². The Bertz CT molecular complexity index is 486. The van der Waals surface area contributed by atoms with Crippen molar-refractivity contribution in [3.05, 3.63) is 35.6 Å². The van der Waals surface area contributed by atoms with E-state index in [4.69, 9.17) is 10.2 Å². The zero-order valence-corrected chi connectivity index (χ0v) is 8.16. The predicted octanol–water partition coefficient (Wildman–Crippen LogP) is 2.56. The van der Waals surface area contributed by atoms with Gasteiger partial charge in [0.05, 0.1) is 0 Å². The standard InChI is InChI=1S/C12H13NO/c1-7-12(9-6-10(9)13)8-4-2-3-5-11(8)14-7/h2-5,9-10H,6,13H2,1H3. The molecule has 0 amide bonds. The monoisotopic (exact) mass is 187 g/mol. The number of hydrogen-bond donors (Lipinski definition) is 1. The van der Waals surface area contributed by atoms with Crippen LogP contribution in [-0.2, 0) is 0 Å². The van der Waals surface area contributed by atoms with Gasteiger partial charge in [-0.2, -0.15) is 0 Å². The molecule has 0 bridgehead atoms. The number of para-hydroxylation sites is 1. The summed E-state index contributed by atoms with van der Waals surface area (Å²) in [6.07, 6.45) is 1.10. The van der Waals surface area contributed by atoms with Gasteiger partial charge < -0.3 is 10.2 Å². The predicted molar refractivity (Wildman–Crippen MR) is 56.3 cm³/mol. The maximum atomic E-state index is 5.88. The lowest BCUT2D eigenvalue weighted by molar-refractivity contribution is 0.572. The molecule has 3 rings (SSSR count). The number of fused-ring (bicyclic) bond motifs is 1. The molecule has 1 heterocycles. The molecule has 1 aliphatic carbocycles. The normalized spacial score (nSPS) is 25.6. The fraction of sp³-hybridized carbons (Fsp3) is 0.333. The molecule has 72 valence electrons. The zero-order valence-electron chi connectivity index (χ0n) is 8.16. The highest BCUT2D eigenvalue weighted by Crippen LogP contribution is 2.44. The van der Waals surface area contributed by atoms with E-state index in [0.717, 1.165) is 17.8 Å². The van der Waals surface area contributed by atoms with Gasteiger partial charge in [-0.3, -0.25) is 0 Å². The number of furan rings is 1. The second-order valence-electron chi connectivity index (χ2n) is 4.07. The molecule has 2 aromatic rings. The van der Waals surface area contributed by atoms with Crippen molar-refractivity contribution < 1.29 is 4.42 Å². The van der Waals surface area contributed by atoms with E-state index >= 15 is 0 Å². The Morgan fingerprint density at radius 2 is 2.07 bits per heavy atom. The molecule has 1 aromatic heterocycles. The first-order chi connectivity index (χ1) is 6.77. The van der Waals surface area contributed by atoms with Crippen LogP contribution < -0.4 is 5.73 Å². The summed E-state index contributed by atoms with van der Waals surface area (Å²) in [5.41, 5.74) is 8.19. The minimum Gasteiger partial charge on any atom is -0.461 e. The Morgan fingerprint density at radius 3 is 2.79 bits per heavy atom. The lowest BCUT2D eigenvalue weighted by Crippen LogP contribution is -2.01. The lowest BCUT2D eigenvalue weighted by atomic mass is 10.1. The van der Waals surface area contributed by atoms with Gasteiger partial charge in [-0.05, 0) is 19.4 Å². The molecule has 2 unspecified atom stereocenters. The fourth-order valence-electron chi connectivity index (χ4n) is 2.20. The largest absolute Gasteiger partial charge is 0.461 e. The summed E-state index contributed by atoms with van der Waals surface area (Å²) in [6.45, 7) is 2.03. The summed E-state index contributed by atoms with van der Waals surface area (Å²) in [4.78, 5) is 0. The average Bonchev–Trinajstić information content (AvgIpc) is 2.78. The van der Waals surface area contributed by atoms with Crippen molar-refractivity contribution in [2.24, 2.45) is 5.73 Å². The van der Waals surface area contributed by atoms with Crippen molar-refractivity contribution in [3.8, 4) is 0 Å². The van der Waals surface area contributed by atoms with Crippen molar-refractivity contribution in [2.45, 2.75) is 25.3 Å². The van der Waals surface area contributed by atoms with E-state index < -0.39 is 0 Å². The van der Waals surface area contributed by atoms with Gasteiger partial charge >= 0.3 is 0 Å². The summed E-state index contributed by atoms with van der Waals surface area (Å²) in [5.74, 6) is 1.56. The van der Waals surface area contributed by atoms with Gasteiger partial charge in [0.1, 0.15) is 11.3 Å². The number of aryl methyl sites for hydroxylation is 1. The topological polar surface area (TPSA) is 39.2 Å². The van der Waals surface area contributed by atoms with E-state index in [1.54, 1.807) is 0 Å². The summed E-state index contributed by atoms with van der Waals surface area (Å²) < 4.78 is 5.69. The average molecular weight is 187 g/mol. The molecule has 1 aliphatic rings. The minimum absolute atomic E-state index is 0.342. The maximum Gasteiger partial charge on any atom is 0.134 e. The van der Waals surface area contributed by atoms with E-state index in [1.807, 2.05) is 19.1 Å². The molecule has 2 heteroatoms. The van der Waals surface area contributed by atoms with Crippen molar-refractivity contribution >= 4 is 11.0 Å². The summed E-state index contributed by atoms with van der Waals surface area (Å²) >= 11 is 0. The smallest absolute Gasteiger partial charge is 0.134 e. The van der Waals surface area contributed by atoms with Gasteiger partial charge in [0.2, 0.25) is 0 Å². The van der Waals surface area contributed by atoms with Crippen LogP contribution in [0.15, 0.2) is 28.7 Å². The first-order valence-electron chi connectivity index (χ1n) is 5.01. The summed E-state index contributed by atoms with van der Waals surface area (Å²) in [6, 6.07) is 8.53. The van der Waals surface area contributed by atoms with E-state index in [2.05, 4.69) is 12.1 Å². The lowest BCUT2D eigenvalue weighted by Gasteiger charge is -1.95. The Morgan fingerprint density at radius 1 is 1.36 bits per heavy atom. The first-order valence-corrected chi connectivity index (χ1v) is 5.01. The summed E-state index contributed by atoms with van der Waals surface area (Å²) in [5, 5.41) is 1.24. The molecule has 1 aromatic carbocycles. The third kappa shape index (κ3) is 1.01. The van der Waals surface area contributed by atoms with Crippen molar-refractivity contribution in [1.82, 2.24) is 0 Å². The van der Waals surface area contributed by atoms with Gasteiger partial charge in [0.15, 0.2) is 0 Å². The van der Waals surface area contributed by atoms with E-state index in [1.165, 1.54) is 10.9 Å². The molecule has 1 fully saturated rings. The Balaban J connectivity index is 2.25. The van der Waals surface area contributed by atoms with Gasteiger partial charge in [-0.15, -0.1) is 0 Å².